The Morgan fingerprint density at radius 3 is 2.24 bits per heavy atom. The van der Waals surface area contributed by atoms with Gasteiger partial charge in [0.2, 0.25) is 0 Å². The zero-order valence-corrected chi connectivity index (χ0v) is 13.1. The number of hydrogen-bond donors (Lipinski definition) is 1. The van der Waals surface area contributed by atoms with Crippen LogP contribution in [0.4, 0.5) is 13.2 Å². The van der Waals surface area contributed by atoms with Crippen molar-refractivity contribution >= 4 is 24.0 Å². The second-order valence-electron chi connectivity index (χ2n) is 5.01. The van der Waals surface area contributed by atoms with Crippen LogP contribution in [0.1, 0.15) is 24.4 Å². The van der Waals surface area contributed by atoms with Crippen molar-refractivity contribution in [3.63, 3.8) is 0 Å². The summed E-state index contributed by atoms with van der Waals surface area (Å²) in [5, 5.41) is 3.82. The van der Waals surface area contributed by atoms with Crippen LogP contribution in [0.5, 0.6) is 0 Å². The van der Waals surface area contributed by atoms with Gasteiger partial charge in [0.15, 0.2) is 0 Å². The number of nitrogens with zero attached hydrogens (tertiary/aromatic N) is 1. The minimum atomic E-state index is -4.11. The van der Waals surface area contributed by atoms with Crippen LogP contribution in [0, 0.1) is 0 Å². The summed E-state index contributed by atoms with van der Waals surface area (Å²) < 4.78 is 37.5. The van der Waals surface area contributed by atoms with E-state index in [0.717, 1.165) is 31.7 Å². The van der Waals surface area contributed by atoms with Crippen molar-refractivity contribution in [2.24, 2.45) is 0 Å². The predicted molar refractivity (Wildman–Crippen MR) is 81.2 cm³/mol. The van der Waals surface area contributed by atoms with Gasteiger partial charge in [-0.15, -0.1) is 12.4 Å². The van der Waals surface area contributed by atoms with Gasteiger partial charge in [-0.25, -0.2) is 0 Å². The molecular weight excluding hydrogens is 324 g/mol. The summed E-state index contributed by atoms with van der Waals surface area (Å²) in [4.78, 5) is 2.12. The highest BCUT2D eigenvalue weighted by Gasteiger charge is 2.31. The average Bonchev–Trinajstić information content (AvgIpc) is 2.41. The highest BCUT2D eigenvalue weighted by atomic mass is 35.5. The van der Waals surface area contributed by atoms with Gasteiger partial charge in [0.25, 0.3) is 0 Å². The number of benzene rings is 1. The normalized spacial score (nSPS) is 18.1. The Balaban J connectivity index is 0.00000220. The minimum Gasteiger partial charge on any atom is -0.314 e. The van der Waals surface area contributed by atoms with Crippen LogP contribution in [0.2, 0.25) is 5.02 Å². The molecule has 0 amide bonds. The molecule has 0 radical (unpaired) electrons. The molecular formula is C14H19Cl2F3N2. The quantitative estimate of drug-likeness (QED) is 0.887. The Labute approximate surface area is 134 Å². The molecule has 1 aromatic carbocycles. The third-order valence-electron chi connectivity index (χ3n) is 3.55. The number of piperazine rings is 1. The summed E-state index contributed by atoms with van der Waals surface area (Å²) in [6, 6.07) is 6.92. The average molecular weight is 343 g/mol. The highest BCUT2D eigenvalue weighted by Crippen LogP contribution is 2.32. The lowest BCUT2D eigenvalue weighted by atomic mass is 9.99. The number of rotatable bonds is 4. The van der Waals surface area contributed by atoms with Gasteiger partial charge in [0.1, 0.15) is 0 Å². The molecule has 0 aromatic heterocycles. The molecule has 1 aromatic rings. The molecule has 21 heavy (non-hydrogen) atoms. The summed E-state index contributed by atoms with van der Waals surface area (Å²) >= 11 is 5.85. The molecule has 0 spiro atoms. The van der Waals surface area contributed by atoms with E-state index in [4.69, 9.17) is 11.6 Å². The molecule has 1 aliphatic heterocycles. The summed E-state index contributed by atoms with van der Waals surface area (Å²) in [5.41, 5.74) is 0.903. The summed E-state index contributed by atoms with van der Waals surface area (Å²) in [7, 11) is 0. The van der Waals surface area contributed by atoms with Crippen molar-refractivity contribution in [1.29, 1.82) is 0 Å². The molecule has 1 N–H and O–H groups in total. The lowest BCUT2D eigenvalue weighted by Gasteiger charge is -2.35. The first-order valence-electron chi connectivity index (χ1n) is 6.73. The van der Waals surface area contributed by atoms with E-state index >= 15 is 0 Å². The fourth-order valence-electron chi connectivity index (χ4n) is 2.54. The maximum absolute atomic E-state index is 12.5. The van der Waals surface area contributed by atoms with E-state index in [-0.39, 0.29) is 24.9 Å². The van der Waals surface area contributed by atoms with E-state index in [2.05, 4.69) is 10.2 Å². The van der Waals surface area contributed by atoms with Gasteiger partial charge in [-0.05, 0) is 24.1 Å². The number of hydrogen-bond acceptors (Lipinski definition) is 2. The fourth-order valence-corrected chi connectivity index (χ4v) is 2.67. The van der Waals surface area contributed by atoms with Gasteiger partial charge in [-0.2, -0.15) is 13.2 Å². The fraction of sp³-hybridized carbons (Fsp3) is 0.571. The Bertz CT molecular complexity index is 417. The Hall–Kier alpha value is -0.490. The first-order chi connectivity index (χ1) is 9.46. The SMILES string of the molecule is Cl.FC(F)(F)CC[C@@H](c1ccc(Cl)cc1)N1CCNCC1. The predicted octanol–water partition coefficient (Wildman–Crippen LogP) is 4.05. The van der Waals surface area contributed by atoms with Gasteiger partial charge >= 0.3 is 6.18 Å². The topological polar surface area (TPSA) is 15.3 Å². The zero-order valence-electron chi connectivity index (χ0n) is 11.5. The maximum atomic E-state index is 12.5. The largest absolute Gasteiger partial charge is 0.389 e. The van der Waals surface area contributed by atoms with Gasteiger partial charge in [0, 0.05) is 43.7 Å². The lowest BCUT2D eigenvalue weighted by Crippen LogP contribution is -2.45. The third-order valence-corrected chi connectivity index (χ3v) is 3.80. The summed E-state index contributed by atoms with van der Waals surface area (Å²) in [6.07, 6.45) is -4.78. The van der Waals surface area contributed by atoms with E-state index in [1.54, 1.807) is 12.1 Å². The van der Waals surface area contributed by atoms with E-state index in [9.17, 15) is 13.2 Å². The van der Waals surface area contributed by atoms with Gasteiger partial charge in [0.05, 0.1) is 0 Å². The molecule has 1 atom stereocenters. The molecule has 2 rings (SSSR count). The lowest BCUT2D eigenvalue weighted by molar-refractivity contribution is -0.138. The second kappa shape index (κ2) is 8.22. The Morgan fingerprint density at radius 1 is 1.14 bits per heavy atom. The first kappa shape index (κ1) is 18.6. The van der Waals surface area contributed by atoms with Crippen LogP contribution < -0.4 is 5.32 Å². The van der Waals surface area contributed by atoms with Crippen molar-refractivity contribution in [2.45, 2.75) is 25.1 Å². The van der Waals surface area contributed by atoms with E-state index in [1.165, 1.54) is 0 Å². The third kappa shape index (κ3) is 6.02. The molecule has 2 nitrogen and oxygen atoms in total. The molecule has 1 fully saturated rings. The van der Waals surface area contributed by atoms with Crippen molar-refractivity contribution < 1.29 is 13.2 Å². The molecule has 1 aliphatic rings. The monoisotopic (exact) mass is 342 g/mol. The standard InChI is InChI=1S/C14H18ClF3N2.ClH/c15-12-3-1-11(2-4-12)13(5-6-14(16,17)18)20-9-7-19-8-10-20;/h1-4,13,19H,5-10H2;1H/t13-;/m0./s1. The number of halogens is 5. The number of nitrogens with one attached hydrogen (secondary N) is 1. The van der Waals surface area contributed by atoms with Crippen LogP contribution >= 0.6 is 24.0 Å². The van der Waals surface area contributed by atoms with Crippen LogP contribution in [-0.4, -0.2) is 37.3 Å². The van der Waals surface area contributed by atoms with Crippen molar-refractivity contribution in [3.05, 3.63) is 34.9 Å². The molecule has 0 bridgehead atoms. The van der Waals surface area contributed by atoms with E-state index < -0.39 is 12.6 Å². The van der Waals surface area contributed by atoms with E-state index in [1.807, 2.05) is 12.1 Å². The molecule has 1 saturated heterocycles. The van der Waals surface area contributed by atoms with Gasteiger partial charge in [-0.1, -0.05) is 23.7 Å². The zero-order chi connectivity index (χ0) is 14.6. The highest BCUT2D eigenvalue weighted by molar-refractivity contribution is 6.30. The Kier molecular flexibility index (Phi) is 7.27. The van der Waals surface area contributed by atoms with Crippen molar-refractivity contribution in [2.75, 3.05) is 26.2 Å². The molecule has 120 valence electrons. The van der Waals surface area contributed by atoms with Crippen LogP contribution in [-0.2, 0) is 0 Å². The van der Waals surface area contributed by atoms with Crippen LogP contribution in [0.25, 0.3) is 0 Å². The van der Waals surface area contributed by atoms with Gasteiger partial charge < -0.3 is 5.32 Å². The van der Waals surface area contributed by atoms with Gasteiger partial charge in [-0.3, -0.25) is 4.90 Å². The molecule has 0 saturated carbocycles. The van der Waals surface area contributed by atoms with Crippen molar-refractivity contribution in [3.8, 4) is 0 Å². The first-order valence-corrected chi connectivity index (χ1v) is 7.10. The summed E-state index contributed by atoms with van der Waals surface area (Å²) in [6.45, 7) is 3.17. The van der Waals surface area contributed by atoms with E-state index in [0.29, 0.717) is 5.02 Å². The molecule has 0 unspecified atom stereocenters. The Morgan fingerprint density at radius 2 is 1.71 bits per heavy atom. The van der Waals surface area contributed by atoms with Crippen molar-refractivity contribution in [1.82, 2.24) is 10.2 Å². The minimum absolute atomic E-state index is 0. The summed E-state index contributed by atoms with van der Waals surface area (Å²) in [5.74, 6) is 0. The number of alkyl halides is 3. The van der Waals surface area contributed by atoms with Crippen LogP contribution in [0.15, 0.2) is 24.3 Å². The maximum Gasteiger partial charge on any atom is 0.389 e. The van der Waals surface area contributed by atoms with Crippen LogP contribution in [0.3, 0.4) is 0 Å². The molecule has 0 aliphatic carbocycles. The molecule has 1 heterocycles. The smallest absolute Gasteiger partial charge is 0.314 e. The second-order valence-corrected chi connectivity index (χ2v) is 5.44. The molecule has 7 heteroatoms.